The number of carboxylic acid groups (broad SMARTS) is 1. The van der Waals surface area contributed by atoms with Gasteiger partial charge in [-0.2, -0.15) is 5.26 Å². The molecule has 0 radical (unpaired) electrons. The van der Waals surface area contributed by atoms with Gasteiger partial charge in [0.1, 0.15) is 11.5 Å². The van der Waals surface area contributed by atoms with E-state index in [1.807, 2.05) is 0 Å². The van der Waals surface area contributed by atoms with Crippen molar-refractivity contribution in [1.82, 2.24) is 0 Å². The molecule has 3 aromatic rings. The van der Waals surface area contributed by atoms with Crippen molar-refractivity contribution >= 4 is 34.9 Å². The zero-order chi connectivity index (χ0) is 23.3. The molecule has 0 aliphatic rings. The second kappa shape index (κ2) is 9.23. The molecule has 3 rings (SSSR count). The second-order valence-electron chi connectivity index (χ2n) is 6.56. The zero-order valence-electron chi connectivity index (χ0n) is 16.4. The predicted octanol–water partition coefficient (Wildman–Crippen LogP) is 3.22. The van der Waals surface area contributed by atoms with Crippen LogP contribution in [0.2, 0.25) is 0 Å². The lowest BCUT2D eigenvalue weighted by atomic mass is 10.1. The highest BCUT2D eigenvalue weighted by atomic mass is 16.4. The van der Waals surface area contributed by atoms with Crippen LogP contribution in [0.15, 0.2) is 66.7 Å². The first-order chi connectivity index (χ1) is 15.3. The molecule has 32 heavy (non-hydrogen) atoms. The normalized spacial score (nSPS) is 9.97. The highest BCUT2D eigenvalue weighted by Gasteiger charge is 2.20. The van der Waals surface area contributed by atoms with Crippen molar-refractivity contribution in [3.63, 3.8) is 0 Å². The first-order valence-corrected chi connectivity index (χ1v) is 9.17. The summed E-state index contributed by atoms with van der Waals surface area (Å²) in [5, 5.41) is 41.4. The number of nitrogens with zero attached hydrogens (tertiary/aromatic N) is 1. The van der Waals surface area contributed by atoms with Gasteiger partial charge in [-0.15, -0.1) is 0 Å². The molecule has 9 nitrogen and oxygen atoms in total. The number of phenolic OH excluding ortho intramolecular Hbond substituents is 1. The van der Waals surface area contributed by atoms with Crippen LogP contribution in [0, 0.1) is 16.7 Å². The molecule has 0 bridgehead atoms. The fraction of sp³-hybridized carbons (Fsp3) is 0. The third-order valence-corrected chi connectivity index (χ3v) is 4.41. The van der Waals surface area contributed by atoms with E-state index in [4.69, 9.17) is 10.7 Å². The van der Waals surface area contributed by atoms with E-state index in [1.54, 1.807) is 36.4 Å². The smallest absolute Gasteiger partial charge is 0.337 e. The Kier molecular flexibility index (Phi) is 6.27. The molecule has 158 valence electrons. The van der Waals surface area contributed by atoms with E-state index in [-0.39, 0.29) is 33.8 Å². The maximum atomic E-state index is 12.6. The Balaban J connectivity index is 1.82. The Morgan fingerprint density at radius 1 is 0.906 bits per heavy atom. The minimum atomic E-state index is -1.36. The maximum absolute atomic E-state index is 12.6. The molecular formula is C23H16N4O5. The lowest BCUT2D eigenvalue weighted by Crippen LogP contribution is -2.24. The van der Waals surface area contributed by atoms with Gasteiger partial charge in [-0.25, -0.2) is 4.79 Å². The van der Waals surface area contributed by atoms with Gasteiger partial charge in [0.05, 0.1) is 22.9 Å². The lowest BCUT2D eigenvalue weighted by Gasteiger charge is -2.12. The van der Waals surface area contributed by atoms with Crippen LogP contribution in [-0.2, 0) is 4.79 Å². The van der Waals surface area contributed by atoms with E-state index in [9.17, 15) is 24.6 Å². The van der Waals surface area contributed by atoms with Crippen LogP contribution < -0.4 is 10.6 Å². The molecule has 3 aromatic carbocycles. The minimum Gasteiger partial charge on any atom is -0.507 e. The summed E-state index contributed by atoms with van der Waals surface area (Å²) in [4.78, 5) is 36.3. The SMILES string of the molecule is N#Cc1ccc(NC(=O)C(=N)c2cc(NC(=O)c3ccccc3)ccc2O)c(C(=O)O)c1. The number of carboxylic acids is 1. The molecule has 0 unspecified atom stereocenters. The number of amides is 2. The van der Waals surface area contributed by atoms with Crippen molar-refractivity contribution in [2.24, 2.45) is 0 Å². The van der Waals surface area contributed by atoms with Gasteiger partial charge in [0.25, 0.3) is 11.8 Å². The third-order valence-electron chi connectivity index (χ3n) is 4.41. The van der Waals surface area contributed by atoms with Gasteiger partial charge < -0.3 is 20.8 Å². The third kappa shape index (κ3) is 4.77. The number of anilines is 2. The fourth-order valence-corrected chi connectivity index (χ4v) is 2.81. The van der Waals surface area contributed by atoms with Crippen molar-refractivity contribution in [3.8, 4) is 11.8 Å². The number of aromatic hydroxyl groups is 1. The van der Waals surface area contributed by atoms with Crippen molar-refractivity contribution in [2.45, 2.75) is 0 Å². The molecule has 0 saturated heterocycles. The summed E-state index contributed by atoms with van der Waals surface area (Å²) in [5.41, 5.74) is -0.517. The molecular weight excluding hydrogens is 412 g/mol. The van der Waals surface area contributed by atoms with E-state index in [0.29, 0.717) is 5.56 Å². The van der Waals surface area contributed by atoms with E-state index in [2.05, 4.69) is 10.6 Å². The Morgan fingerprint density at radius 3 is 2.28 bits per heavy atom. The number of nitrogens with one attached hydrogen (secondary N) is 3. The number of phenols is 1. The van der Waals surface area contributed by atoms with Gasteiger partial charge in [0.2, 0.25) is 0 Å². The summed E-state index contributed by atoms with van der Waals surface area (Å²) >= 11 is 0. The van der Waals surface area contributed by atoms with Crippen LogP contribution in [-0.4, -0.2) is 33.7 Å². The lowest BCUT2D eigenvalue weighted by molar-refractivity contribution is -0.110. The number of benzene rings is 3. The van der Waals surface area contributed by atoms with Gasteiger partial charge in [-0.1, -0.05) is 18.2 Å². The second-order valence-corrected chi connectivity index (χ2v) is 6.56. The highest BCUT2D eigenvalue weighted by Crippen LogP contribution is 2.24. The van der Waals surface area contributed by atoms with Crippen LogP contribution in [0.4, 0.5) is 11.4 Å². The van der Waals surface area contributed by atoms with Crippen LogP contribution in [0.3, 0.4) is 0 Å². The van der Waals surface area contributed by atoms with Gasteiger partial charge >= 0.3 is 5.97 Å². The van der Waals surface area contributed by atoms with E-state index in [1.165, 1.54) is 30.3 Å². The summed E-state index contributed by atoms with van der Waals surface area (Å²) in [6.07, 6.45) is 0. The molecule has 5 N–H and O–H groups in total. The average Bonchev–Trinajstić information content (AvgIpc) is 2.80. The summed E-state index contributed by atoms with van der Waals surface area (Å²) in [6, 6.07) is 17.8. The van der Waals surface area contributed by atoms with Gasteiger partial charge in [-0.3, -0.25) is 15.0 Å². The average molecular weight is 428 g/mol. The largest absolute Gasteiger partial charge is 0.507 e. The Morgan fingerprint density at radius 2 is 1.62 bits per heavy atom. The molecule has 0 spiro atoms. The Hall–Kier alpha value is -4.97. The van der Waals surface area contributed by atoms with Crippen molar-refractivity contribution in [3.05, 3.63) is 89.0 Å². The Bertz CT molecular complexity index is 1280. The minimum absolute atomic E-state index is 0.0926. The monoisotopic (exact) mass is 428 g/mol. The zero-order valence-corrected chi connectivity index (χ0v) is 16.4. The standard InChI is InChI=1S/C23H16N4O5/c24-12-13-6-8-18(16(10-13)23(31)32)27-22(30)20(25)17-11-15(7-9-19(17)28)26-21(29)14-4-2-1-3-5-14/h1-11,25,28H,(H,26,29)(H,27,30)(H,31,32). The number of carbonyl (C=O) groups excluding carboxylic acids is 2. The predicted molar refractivity (Wildman–Crippen MR) is 116 cm³/mol. The molecule has 0 fully saturated rings. The number of aromatic carboxylic acids is 1. The Labute approximate surface area is 182 Å². The highest BCUT2D eigenvalue weighted by molar-refractivity contribution is 6.48. The van der Waals surface area contributed by atoms with Gasteiger partial charge in [0, 0.05) is 16.8 Å². The van der Waals surface area contributed by atoms with Crippen molar-refractivity contribution < 1.29 is 24.6 Å². The molecule has 0 heterocycles. The quantitative estimate of drug-likeness (QED) is 0.299. The van der Waals surface area contributed by atoms with Crippen LogP contribution >= 0.6 is 0 Å². The van der Waals surface area contributed by atoms with Crippen molar-refractivity contribution in [2.75, 3.05) is 10.6 Å². The molecule has 0 aliphatic heterocycles. The number of nitriles is 1. The first kappa shape index (κ1) is 21.7. The summed E-state index contributed by atoms with van der Waals surface area (Å²) in [5.74, 6) is -3.14. The first-order valence-electron chi connectivity index (χ1n) is 9.17. The molecule has 0 aliphatic carbocycles. The number of hydrogen-bond acceptors (Lipinski definition) is 6. The van der Waals surface area contributed by atoms with E-state index in [0.717, 1.165) is 6.07 Å². The number of hydrogen-bond donors (Lipinski definition) is 5. The topological polar surface area (TPSA) is 163 Å². The molecule has 0 aromatic heterocycles. The fourth-order valence-electron chi connectivity index (χ4n) is 2.81. The van der Waals surface area contributed by atoms with Crippen LogP contribution in [0.1, 0.15) is 31.8 Å². The molecule has 2 amide bonds. The number of carbonyl (C=O) groups is 3. The molecule has 0 saturated carbocycles. The molecule has 9 heteroatoms. The number of rotatable bonds is 6. The van der Waals surface area contributed by atoms with Gasteiger partial charge in [0.15, 0.2) is 0 Å². The van der Waals surface area contributed by atoms with E-state index < -0.39 is 23.5 Å². The van der Waals surface area contributed by atoms with Crippen LogP contribution in [0.25, 0.3) is 0 Å². The summed E-state index contributed by atoms with van der Waals surface area (Å²) in [7, 11) is 0. The summed E-state index contributed by atoms with van der Waals surface area (Å²) < 4.78 is 0. The van der Waals surface area contributed by atoms with Crippen LogP contribution in [0.5, 0.6) is 5.75 Å². The van der Waals surface area contributed by atoms with Crippen molar-refractivity contribution in [1.29, 1.82) is 10.7 Å². The van der Waals surface area contributed by atoms with E-state index >= 15 is 0 Å². The molecule has 0 atom stereocenters. The maximum Gasteiger partial charge on any atom is 0.337 e. The summed E-state index contributed by atoms with van der Waals surface area (Å²) in [6.45, 7) is 0. The van der Waals surface area contributed by atoms with Gasteiger partial charge in [-0.05, 0) is 48.5 Å².